The van der Waals surface area contributed by atoms with Crippen molar-refractivity contribution in [2.75, 3.05) is 5.88 Å². The summed E-state index contributed by atoms with van der Waals surface area (Å²) >= 11 is 5.71. The average Bonchev–Trinajstić information content (AvgIpc) is 2.58. The fourth-order valence-corrected chi connectivity index (χ4v) is 3.31. The van der Waals surface area contributed by atoms with Gasteiger partial charge in [0.25, 0.3) is 0 Å². The van der Waals surface area contributed by atoms with Crippen LogP contribution in [0, 0.1) is 0 Å². The maximum absolute atomic E-state index is 10.5. The van der Waals surface area contributed by atoms with Gasteiger partial charge in [-0.15, -0.1) is 11.6 Å². The van der Waals surface area contributed by atoms with Gasteiger partial charge in [0.1, 0.15) is 0 Å². The van der Waals surface area contributed by atoms with Crippen molar-refractivity contribution in [2.45, 2.75) is 90.1 Å². The van der Waals surface area contributed by atoms with Crippen LogP contribution in [0.2, 0.25) is 0 Å². The molecule has 0 amide bonds. The molecule has 2 heteroatoms. The van der Waals surface area contributed by atoms with Crippen molar-refractivity contribution in [2.24, 2.45) is 0 Å². The summed E-state index contributed by atoms with van der Waals surface area (Å²) in [5, 5.41) is 10.5. The third-order valence-corrected chi connectivity index (χ3v) is 4.84. The van der Waals surface area contributed by atoms with Gasteiger partial charge >= 0.3 is 0 Å². The first-order valence-electron chi connectivity index (χ1n) is 9.61. The van der Waals surface area contributed by atoms with Gasteiger partial charge in [0, 0.05) is 5.88 Å². The van der Waals surface area contributed by atoms with Crippen LogP contribution in [-0.4, -0.2) is 11.0 Å². The lowest BCUT2D eigenvalue weighted by Crippen LogP contribution is -2.02. The molecule has 1 nitrogen and oxygen atoms in total. The Kier molecular flexibility index (Phi) is 12.4. The maximum Gasteiger partial charge on any atom is 0.0792 e. The molecule has 0 aliphatic rings. The van der Waals surface area contributed by atoms with E-state index < -0.39 is 0 Å². The Hall–Kier alpha value is -0.530. The number of rotatable bonds is 14. The first-order chi connectivity index (χ1) is 11.3. The Balaban J connectivity index is 2.32. The van der Waals surface area contributed by atoms with Gasteiger partial charge in [0.05, 0.1) is 6.10 Å². The number of hydrogen-bond donors (Lipinski definition) is 1. The van der Waals surface area contributed by atoms with E-state index >= 15 is 0 Å². The second kappa shape index (κ2) is 13.9. The molecule has 0 aromatic heterocycles. The van der Waals surface area contributed by atoms with E-state index in [4.69, 9.17) is 11.6 Å². The highest BCUT2D eigenvalue weighted by Crippen LogP contribution is 2.24. The smallest absolute Gasteiger partial charge is 0.0792 e. The second-order valence-corrected chi connectivity index (χ2v) is 7.00. The molecular weight excluding hydrogens is 304 g/mol. The van der Waals surface area contributed by atoms with Gasteiger partial charge < -0.3 is 5.11 Å². The molecular formula is C21H35ClO. The van der Waals surface area contributed by atoms with Gasteiger partial charge in [-0.1, -0.05) is 82.6 Å². The van der Waals surface area contributed by atoms with Crippen LogP contribution in [0.15, 0.2) is 24.3 Å². The zero-order chi connectivity index (χ0) is 16.8. The molecule has 0 aliphatic heterocycles. The summed E-state index contributed by atoms with van der Waals surface area (Å²) < 4.78 is 0. The van der Waals surface area contributed by atoms with Crippen molar-refractivity contribution in [3.63, 3.8) is 0 Å². The molecule has 0 bridgehead atoms. The van der Waals surface area contributed by atoms with Crippen molar-refractivity contribution >= 4 is 11.6 Å². The molecule has 1 aromatic carbocycles. The summed E-state index contributed by atoms with van der Waals surface area (Å²) in [5.74, 6) is 0.727. The van der Waals surface area contributed by atoms with Crippen LogP contribution in [0.5, 0.6) is 0 Å². The molecule has 1 unspecified atom stereocenters. The molecule has 0 aliphatic carbocycles. The largest absolute Gasteiger partial charge is 0.388 e. The summed E-state index contributed by atoms with van der Waals surface area (Å²) in [6.07, 6.45) is 14.2. The number of benzene rings is 1. The lowest BCUT2D eigenvalue weighted by molar-refractivity contribution is 0.162. The second-order valence-electron chi connectivity index (χ2n) is 6.62. The van der Waals surface area contributed by atoms with E-state index in [1.165, 1.54) is 50.5 Å². The van der Waals surface area contributed by atoms with E-state index in [1.807, 2.05) is 6.07 Å². The van der Waals surface area contributed by atoms with Gasteiger partial charge in [-0.25, -0.2) is 0 Å². The Bertz CT molecular complexity index is 391. The van der Waals surface area contributed by atoms with Crippen LogP contribution in [0.4, 0.5) is 0 Å². The highest BCUT2D eigenvalue weighted by atomic mass is 35.5. The van der Waals surface area contributed by atoms with Gasteiger partial charge in [-0.2, -0.15) is 0 Å². The van der Waals surface area contributed by atoms with Crippen LogP contribution in [0.25, 0.3) is 0 Å². The predicted molar refractivity (Wildman–Crippen MR) is 102 cm³/mol. The average molecular weight is 339 g/mol. The van der Waals surface area contributed by atoms with Crippen molar-refractivity contribution in [3.05, 3.63) is 35.4 Å². The predicted octanol–water partition coefficient (Wildman–Crippen LogP) is 6.81. The molecule has 0 saturated carbocycles. The SMILES string of the molecule is CCCCCCCCCc1ccccc1C(O)CCCCCCl. The minimum absolute atomic E-state index is 0.314. The number of aliphatic hydroxyl groups excluding tert-OH is 1. The molecule has 0 fully saturated rings. The Morgan fingerprint density at radius 1 is 0.870 bits per heavy atom. The van der Waals surface area contributed by atoms with Crippen LogP contribution in [0.3, 0.4) is 0 Å². The van der Waals surface area contributed by atoms with E-state index in [2.05, 4.69) is 25.1 Å². The lowest BCUT2D eigenvalue weighted by Gasteiger charge is -2.15. The van der Waals surface area contributed by atoms with Crippen LogP contribution < -0.4 is 0 Å². The summed E-state index contributed by atoms with van der Waals surface area (Å²) in [7, 11) is 0. The van der Waals surface area contributed by atoms with Crippen LogP contribution >= 0.6 is 11.6 Å². The van der Waals surface area contributed by atoms with Gasteiger partial charge in [0.2, 0.25) is 0 Å². The third-order valence-electron chi connectivity index (χ3n) is 4.57. The summed E-state index contributed by atoms with van der Waals surface area (Å²) in [6.45, 7) is 2.26. The van der Waals surface area contributed by atoms with Crippen molar-refractivity contribution in [1.29, 1.82) is 0 Å². The molecule has 1 rings (SSSR count). The molecule has 1 N–H and O–H groups in total. The first kappa shape index (κ1) is 20.5. The molecule has 23 heavy (non-hydrogen) atoms. The van der Waals surface area contributed by atoms with E-state index in [9.17, 15) is 5.11 Å². The van der Waals surface area contributed by atoms with E-state index in [0.29, 0.717) is 0 Å². The molecule has 0 heterocycles. The Morgan fingerprint density at radius 2 is 1.52 bits per heavy atom. The molecule has 0 spiro atoms. The molecule has 1 aromatic rings. The normalized spacial score (nSPS) is 12.5. The minimum Gasteiger partial charge on any atom is -0.388 e. The Labute approximate surface area is 148 Å². The summed E-state index contributed by atoms with van der Waals surface area (Å²) in [5.41, 5.74) is 2.48. The molecule has 132 valence electrons. The van der Waals surface area contributed by atoms with Gasteiger partial charge in [-0.3, -0.25) is 0 Å². The van der Waals surface area contributed by atoms with Gasteiger partial charge in [0.15, 0.2) is 0 Å². The molecule has 1 atom stereocenters. The number of aryl methyl sites for hydroxylation is 1. The zero-order valence-corrected chi connectivity index (χ0v) is 15.7. The highest BCUT2D eigenvalue weighted by molar-refractivity contribution is 6.17. The topological polar surface area (TPSA) is 20.2 Å². The van der Waals surface area contributed by atoms with Crippen molar-refractivity contribution < 1.29 is 5.11 Å². The standard InChI is InChI=1S/C21H35ClO/c1-2-3-4-5-6-7-9-14-19-15-11-12-16-20(19)21(23)17-10-8-13-18-22/h11-12,15-16,21,23H,2-10,13-14,17-18H2,1H3. The fraction of sp³-hybridized carbons (Fsp3) is 0.714. The third kappa shape index (κ3) is 9.37. The number of aliphatic hydroxyl groups is 1. The van der Waals surface area contributed by atoms with Crippen molar-refractivity contribution in [3.8, 4) is 0 Å². The number of unbranched alkanes of at least 4 members (excludes halogenated alkanes) is 8. The summed E-state index contributed by atoms with van der Waals surface area (Å²) in [4.78, 5) is 0. The maximum atomic E-state index is 10.5. The molecule has 0 radical (unpaired) electrons. The Morgan fingerprint density at radius 3 is 2.26 bits per heavy atom. The van der Waals surface area contributed by atoms with Crippen LogP contribution in [-0.2, 0) is 6.42 Å². The molecule has 0 saturated heterocycles. The minimum atomic E-state index is -0.314. The lowest BCUT2D eigenvalue weighted by atomic mass is 9.94. The van der Waals surface area contributed by atoms with E-state index in [-0.39, 0.29) is 6.10 Å². The monoisotopic (exact) mass is 338 g/mol. The fourth-order valence-electron chi connectivity index (χ4n) is 3.12. The number of halogens is 1. The van der Waals surface area contributed by atoms with Gasteiger partial charge in [-0.05, 0) is 36.8 Å². The zero-order valence-electron chi connectivity index (χ0n) is 14.9. The first-order valence-corrected chi connectivity index (χ1v) is 10.1. The number of hydrogen-bond acceptors (Lipinski definition) is 1. The van der Waals surface area contributed by atoms with Crippen molar-refractivity contribution in [1.82, 2.24) is 0 Å². The highest BCUT2D eigenvalue weighted by Gasteiger charge is 2.11. The van der Waals surface area contributed by atoms with E-state index in [1.54, 1.807) is 0 Å². The summed E-state index contributed by atoms with van der Waals surface area (Å²) in [6, 6.07) is 8.43. The van der Waals surface area contributed by atoms with Crippen LogP contribution in [0.1, 0.15) is 94.8 Å². The quantitative estimate of drug-likeness (QED) is 0.291. The van der Waals surface area contributed by atoms with E-state index in [0.717, 1.165) is 43.5 Å². The number of alkyl halides is 1.